The number of nitrogens with two attached hydrogens (primary N) is 1. The van der Waals surface area contributed by atoms with E-state index in [1.165, 1.54) is 5.56 Å². The molecular weight excluding hydrogens is 270 g/mol. The molecule has 1 atom stereocenters. The summed E-state index contributed by atoms with van der Waals surface area (Å²) in [6.07, 6.45) is 4.19. The van der Waals surface area contributed by atoms with Gasteiger partial charge in [0.05, 0.1) is 6.04 Å². The van der Waals surface area contributed by atoms with Crippen molar-refractivity contribution in [3.63, 3.8) is 0 Å². The summed E-state index contributed by atoms with van der Waals surface area (Å²) in [5.41, 5.74) is 9.77. The molecule has 0 spiro atoms. The Bertz CT molecular complexity index is 574. The van der Waals surface area contributed by atoms with Crippen LogP contribution in [0.2, 0.25) is 0 Å². The molecule has 0 bridgehead atoms. The minimum Gasteiger partial charge on any atom is -0.356 e. The van der Waals surface area contributed by atoms with Crippen molar-refractivity contribution < 1.29 is 0 Å². The van der Waals surface area contributed by atoms with Gasteiger partial charge in [-0.3, -0.25) is 0 Å². The first kappa shape index (κ1) is 16.5. The molecule has 0 aliphatic carbocycles. The smallest absolute Gasteiger partial charge is 0.131 e. The van der Waals surface area contributed by atoms with Gasteiger partial charge in [0.1, 0.15) is 5.82 Å². The highest BCUT2D eigenvalue weighted by Crippen LogP contribution is 2.24. The van der Waals surface area contributed by atoms with Gasteiger partial charge >= 0.3 is 0 Å². The summed E-state index contributed by atoms with van der Waals surface area (Å²) in [4.78, 5) is 7.08. The molecule has 0 aliphatic heterocycles. The Labute approximate surface area is 134 Å². The third-order valence-corrected chi connectivity index (χ3v) is 3.88. The van der Waals surface area contributed by atoms with Gasteiger partial charge in [-0.15, -0.1) is 0 Å². The first-order valence-corrected chi connectivity index (χ1v) is 8.19. The van der Waals surface area contributed by atoms with Crippen LogP contribution in [0, 0.1) is 6.92 Å². The van der Waals surface area contributed by atoms with E-state index >= 15 is 0 Å². The molecular formula is C19H27N3. The largest absolute Gasteiger partial charge is 0.356 e. The van der Waals surface area contributed by atoms with E-state index in [2.05, 4.69) is 43.9 Å². The van der Waals surface area contributed by atoms with Crippen LogP contribution in [0.4, 0.5) is 5.82 Å². The molecule has 1 aromatic heterocycles. The van der Waals surface area contributed by atoms with E-state index in [1.807, 2.05) is 24.4 Å². The molecule has 118 valence electrons. The number of hydrogen-bond donors (Lipinski definition) is 1. The highest BCUT2D eigenvalue weighted by atomic mass is 15.2. The predicted molar refractivity (Wildman–Crippen MR) is 94.2 cm³/mol. The maximum absolute atomic E-state index is 6.38. The molecule has 0 unspecified atom stereocenters. The van der Waals surface area contributed by atoms with Crippen molar-refractivity contribution >= 4 is 5.82 Å². The van der Waals surface area contributed by atoms with E-state index in [1.54, 1.807) is 0 Å². The average molecular weight is 297 g/mol. The van der Waals surface area contributed by atoms with E-state index in [-0.39, 0.29) is 6.04 Å². The minimum atomic E-state index is -0.118. The predicted octanol–water partition coefficient (Wildman–Crippen LogP) is 4.06. The topological polar surface area (TPSA) is 42.2 Å². The zero-order valence-corrected chi connectivity index (χ0v) is 13.9. The van der Waals surface area contributed by atoms with Crippen LogP contribution in [0.25, 0.3) is 0 Å². The molecule has 0 radical (unpaired) electrons. The summed E-state index contributed by atoms with van der Waals surface area (Å²) < 4.78 is 0. The highest BCUT2D eigenvalue weighted by molar-refractivity contribution is 5.48. The normalized spacial score (nSPS) is 12.2. The average Bonchev–Trinajstić information content (AvgIpc) is 2.55. The number of anilines is 1. The Balaban J connectivity index is 2.25. The Morgan fingerprint density at radius 2 is 1.68 bits per heavy atom. The SMILES string of the molecule is CCCN(CCC)c1ncc([C@@H](N)c2ccccc2)cc1C. The Morgan fingerprint density at radius 3 is 2.23 bits per heavy atom. The van der Waals surface area contributed by atoms with E-state index in [0.29, 0.717) is 0 Å². The van der Waals surface area contributed by atoms with E-state index in [9.17, 15) is 0 Å². The molecule has 1 heterocycles. The standard InChI is InChI=1S/C19H27N3/c1-4-11-22(12-5-2)19-15(3)13-17(14-21-19)18(20)16-9-7-6-8-10-16/h6-10,13-14,18H,4-5,11-12,20H2,1-3H3/t18-/m0/s1. The quantitative estimate of drug-likeness (QED) is 0.838. The van der Waals surface area contributed by atoms with Gasteiger partial charge in [0.25, 0.3) is 0 Å². The van der Waals surface area contributed by atoms with Gasteiger partial charge in [0.2, 0.25) is 0 Å². The molecule has 0 fully saturated rings. The molecule has 0 amide bonds. The fourth-order valence-corrected chi connectivity index (χ4v) is 2.81. The van der Waals surface area contributed by atoms with Gasteiger partial charge in [0.15, 0.2) is 0 Å². The zero-order chi connectivity index (χ0) is 15.9. The number of benzene rings is 1. The van der Waals surface area contributed by atoms with Crippen molar-refractivity contribution in [2.45, 2.75) is 39.7 Å². The molecule has 2 aromatic rings. The monoisotopic (exact) mass is 297 g/mol. The maximum Gasteiger partial charge on any atom is 0.131 e. The van der Waals surface area contributed by atoms with Gasteiger partial charge in [-0.05, 0) is 42.5 Å². The summed E-state index contributed by atoms with van der Waals surface area (Å²) in [7, 11) is 0. The van der Waals surface area contributed by atoms with Gasteiger partial charge in [-0.2, -0.15) is 0 Å². The van der Waals surface area contributed by atoms with Crippen molar-refractivity contribution in [2.75, 3.05) is 18.0 Å². The van der Waals surface area contributed by atoms with Crippen molar-refractivity contribution in [2.24, 2.45) is 5.73 Å². The van der Waals surface area contributed by atoms with Crippen LogP contribution in [0.15, 0.2) is 42.6 Å². The number of aromatic nitrogens is 1. The summed E-state index contributed by atoms with van der Waals surface area (Å²) in [6, 6.07) is 12.2. The minimum absolute atomic E-state index is 0.118. The summed E-state index contributed by atoms with van der Waals surface area (Å²) in [6.45, 7) is 8.63. The zero-order valence-electron chi connectivity index (χ0n) is 13.9. The van der Waals surface area contributed by atoms with Gasteiger partial charge in [0, 0.05) is 19.3 Å². The van der Waals surface area contributed by atoms with Gasteiger partial charge in [-0.1, -0.05) is 44.2 Å². The second-order valence-electron chi connectivity index (χ2n) is 5.78. The molecule has 22 heavy (non-hydrogen) atoms. The van der Waals surface area contributed by atoms with Crippen LogP contribution in [0.1, 0.15) is 49.4 Å². The number of nitrogens with zero attached hydrogens (tertiary/aromatic N) is 2. The fraction of sp³-hybridized carbons (Fsp3) is 0.421. The number of pyridine rings is 1. The summed E-state index contributed by atoms with van der Waals surface area (Å²) >= 11 is 0. The third-order valence-electron chi connectivity index (χ3n) is 3.88. The van der Waals surface area contributed by atoms with Crippen LogP contribution in [0.5, 0.6) is 0 Å². The van der Waals surface area contributed by atoms with Gasteiger partial charge in [-0.25, -0.2) is 4.98 Å². The Morgan fingerprint density at radius 1 is 1.05 bits per heavy atom. The second kappa shape index (κ2) is 7.95. The maximum atomic E-state index is 6.38. The first-order chi connectivity index (χ1) is 10.7. The molecule has 0 aliphatic rings. The van der Waals surface area contributed by atoms with Crippen LogP contribution in [0.3, 0.4) is 0 Å². The molecule has 0 saturated heterocycles. The number of rotatable bonds is 7. The Hall–Kier alpha value is -1.87. The molecule has 0 saturated carbocycles. The lowest BCUT2D eigenvalue weighted by Crippen LogP contribution is -2.27. The lowest BCUT2D eigenvalue weighted by atomic mass is 10.00. The van der Waals surface area contributed by atoms with Crippen molar-refractivity contribution in [1.29, 1.82) is 0 Å². The fourth-order valence-electron chi connectivity index (χ4n) is 2.81. The van der Waals surface area contributed by atoms with Gasteiger partial charge < -0.3 is 10.6 Å². The lowest BCUT2D eigenvalue weighted by molar-refractivity contribution is 0.729. The van der Waals surface area contributed by atoms with Crippen molar-refractivity contribution in [3.05, 3.63) is 59.3 Å². The van der Waals surface area contributed by atoms with Crippen LogP contribution in [-0.2, 0) is 0 Å². The second-order valence-corrected chi connectivity index (χ2v) is 5.78. The van der Waals surface area contributed by atoms with E-state index < -0.39 is 0 Å². The summed E-state index contributed by atoms with van der Waals surface area (Å²) in [5, 5.41) is 0. The molecule has 3 nitrogen and oxygen atoms in total. The highest BCUT2D eigenvalue weighted by Gasteiger charge is 2.14. The van der Waals surface area contributed by atoms with Crippen molar-refractivity contribution in [1.82, 2.24) is 4.98 Å². The third kappa shape index (κ3) is 3.86. The number of aryl methyl sites for hydroxylation is 1. The Kier molecular flexibility index (Phi) is 5.96. The lowest BCUT2D eigenvalue weighted by Gasteiger charge is -2.25. The summed E-state index contributed by atoms with van der Waals surface area (Å²) in [5.74, 6) is 1.09. The van der Waals surface area contributed by atoms with E-state index in [0.717, 1.165) is 42.9 Å². The molecule has 3 heteroatoms. The van der Waals surface area contributed by atoms with Crippen LogP contribution >= 0.6 is 0 Å². The number of hydrogen-bond acceptors (Lipinski definition) is 3. The molecule has 1 aromatic carbocycles. The first-order valence-electron chi connectivity index (χ1n) is 8.19. The van der Waals surface area contributed by atoms with Crippen LogP contribution < -0.4 is 10.6 Å². The van der Waals surface area contributed by atoms with E-state index in [4.69, 9.17) is 10.7 Å². The molecule has 2 rings (SSSR count). The van der Waals surface area contributed by atoms with Crippen molar-refractivity contribution in [3.8, 4) is 0 Å². The van der Waals surface area contributed by atoms with Crippen LogP contribution in [-0.4, -0.2) is 18.1 Å². The molecule has 2 N–H and O–H groups in total.